The van der Waals surface area contributed by atoms with E-state index in [1.54, 1.807) is 0 Å². The van der Waals surface area contributed by atoms with E-state index in [2.05, 4.69) is 66.0 Å². The van der Waals surface area contributed by atoms with Crippen molar-refractivity contribution in [1.82, 2.24) is 5.32 Å². The molecular weight excluding hydrogens is 454 g/mol. The fourth-order valence-electron chi connectivity index (χ4n) is 5.44. The van der Waals surface area contributed by atoms with Crippen LogP contribution >= 0.6 is 0 Å². The lowest BCUT2D eigenvalue weighted by Gasteiger charge is -2.39. The molecule has 0 aromatic heterocycles. The van der Waals surface area contributed by atoms with Crippen LogP contribution in [0.1, 0.15) is 50.5 Å². The molecule has 0 fully saturated rings. The summed E-state index contributed by atoms with van der Waals surface area (Å²) >= 11 is 0. The number of nitrogens with one attached hydrogen (secondary N) is 1. The van der Waals surface area contributed by atoms with Gasteiger partial charge in [0.25, 0.3) is 5.91 Å². The number of benzene rings is 5. The lowest BCUT2D eigenvalue weighted by atomic mass is 9.70. The van der Waals surface area contributed by atoms with Crippen LogP contribution < -0.4 is 10.1 Å². The third-order valence-corrected chi connectivity index (χ3v) is 7.11. The minimum atomic E-state index is -0.291. The van der Waals surface area contributed by atoms with Crippen molar-refractivity contribution in [2.24, 2.45) is 0 Å². The van der Waals surface area contributed by atoms with E-state index >= 15 is 0 Å². The van der Waals surface area contributed by atoms with Crippen LogP contribution in [0.5, 0.6) is 11.5 Å². The summed E-state index contributed by atoms with van der Waals surface area (Å²) in [6.07, 6.45) is 0. The zero-order valence-electron chi connectivity index (χ0n) is 20.3. The highest BCUT2D eigenvalue weighted by Crippen LogP contribution is 2.53. The number of hydrogen-bond donors (Lipinski definition) is 1. The molecule has 3 nitrogen and oxygen atoms in total. The van der Waals surface area contributed by atoms with Gasteiger partial charge in [-0.05, 0) is 35.4 Å². The third-order valence-electron chi connectivity index (χ3n) is 7.11. The average Bonchev–Trinajstić information content (AvgIpc) is 2.97. The van der Waals surface area contributed by atoms with E-state index in [1.165, 1.54) is 0 Å². The summed E-state index contributed by atoms with van der Waals surface area (Å²) in [4.78, 5) is 13.6. The normalized spacial score (nSPS) is 13.9. The van der Waals surface area contributed by atoms with Crippen molar-refractivity contribution in [2.45, 2.75) is 17.9 Å². The highest BCUT2D eigenvalue weighted by molar-refractivity contribution is 5.94. The Bertz CT molecular complexity index is 1450. The van der Waals surface area contributed by atoms with E-state index in [0.717, 1.165) is 33.8 Å². The van der Waals surface area contributed by atoms with Crippen molar-refractivity contribution < 1.29 is 9.53 Å². The van der Waals surface area contributed by atoms with Crippen LogP contribution in [-0.2, 0) is 0 Å². The molecular formula is C34H27NO2. The van der Waals surface area contributed by atoms with Gasteiger partial charge in [-0.3, -0.25) is 4.79 Å². The Morgan fingerprint density at radius 1 is 0.568 bits per heavy atom. The number of rotatable bonds is 6. The molecule has 0 saturated carbocycles. The quantitative estimate of drug-likeness (QED) is 0.268. The molecule has 5 aromatic rings. The van der Waals surface area contributed by atoms with E-state index < -0.39 is 0 Å². The lowest BCUT2D eigenvalue weighted by Crippen LogP contribution is -2.36. The predicted molar refractivity (Wildman–Crippen MR) is 147 cm³/mol. The highest BCUT2D eigenvalue weighted by Gasteiger charge is 2.39. The molecule has 180 valence electrons. The second-order valence-corrected chi connectivity index (χ2v) is 9.32. The van der Waals surface area contributed by atoms with Gasteiger partial charge in [-0.1, -0.05) is 115 Å². The van der Waals surface area contributed by atoms with Gasteiger partial charge in [0, 0.05) is 28.5 Å². The van der Waals surface area contributed by atoms with Crippen molar-refractivity contribution in [2.75, 3.05) is 0 Å². The van der Waals surface area contributed by atoms with Crippen molar-refractivity contribution in [3.05, 3.63) is 167 Å². The Morgan fingerprint density at radius 2 is 1.03 bits per heavy atom. The van der Waals surface area contributed by atoms with Crippen LogP contribution in [0.2, 0.25) is 0 Å². The fourth-order valence-corrected chi connectivity index (χ4v) is 5.44. The first kappa shape index (κ1) is 22.8. The van der Waals surface area contributed by atoms with Gasteiger partial charge < -0.3 is 10.1 Å². The maximum absolute atomic E-state index is 13.6. The lowest BCUT2D eigenvalue weighted by molar-refractivity contribution is 0.0928. The fraction of sp³-hybridized carbons (Fsp3) is 0.0882. The summed E-state index contributed by atoms with van der Waals surface area (Å²) in [5.74, 6) is 1.48. The van der Waals surface area contributed by atoms with Gasteiger partial charge in [0.05, 0.1) is 6.04 Å². The van der Waals surface area contributed by atoms with E-state index in [9.17, 15) is 4.79 Å². The number of carbonyl (C=O) groups is 1. The SMILES string of the molecule is O=C(N[C@@H](c1ccccc1)[C@@H](c1ccccc1)C1c2ccccc2Oc2ccccc21)c1ccccc1. The van der Waals surface area contributed by atoms with E-state index in [1.807, 2.05) is 78.9 Å². The summed E-state index contributed by atoms with van der Waals surface area (Å²) in [5.41, 5.74) is 5.08. The second-order valence-electron chi connectivity index (χ2n) is 9.32. The van der Waals surface area contributed by atoms with Gasteiger partial charge in [-0.15, -0.1) is 0 Å². The van der Waals surface area contributed by atoms with Gasteiger partial charge >= 0.3 is 0 Å². The van der Waals surface area contributed by atoms with Gasteiger partial charge in [-0.2, -0.15) is 0 Å². The predicted octanol–water partition coefficient (Wildman–Crippen LogP) is 7.88. The molecule has 1 N–H and O–H groups in total. The maximum atomic E-state index is 13.6. The van der Waals surface area contributed by atoms with E-state index in [-0.39, 0.29) is 23.8 Å². The smallest absolute Gasteiger partial charge is 0.251 e. The largest absolute Gasteiger partial charge is 0.457 e. The minimum Gasteiger partial charge on any atom is -0.457 e. The summed E-state index contributed by atoms with van der Waals surface area (Å²) < 4.78 is 6.34. The van der Waals surface area contributed by atoms with Crippen LogP contribution in [0.15, 0.2) is 140 Å². The van der Waals surface area contributed by atoms with Crippen molar-refractivity contribution >= 4 is 5.91 Å². The zero-order valence-corrected chi connectivity index (χ0v) is 20.3. The van der Waals surface area contributed by atoms with Crippen molar-refractivity contribution in [1.29, 1.82) is 0 Å². The molecule has 0 unspecified atom stereocenters. The summed E-state index contributed by atoms with van der Waals surface area (Å²) in [6, 6.07) is 46.4. The van der Waals surface area contributed by atoms with E-state index in [0.29, 0.717) is 5.56 Å². The molecule has 0 bridgehead atoms. The second kappa shape index (κ2) is 10.2. The Hall–Kier alpha value is -4.63. The van der Waals surface area contributed by atoms with E-state index in [4.69, 9.17) is 4.74 Å². The molecule has 1 aliphatic rings. The number of hydrogen-bond acceptors (Lipinski definition) is 2. The summed E-state index contributed by atoms with van der Waals surface area (Å²) in [5, 5.41) is 3.43. The minimum absolute atomic E-state index is 0.0372. The molecule has 0 saturated heterocycles. The van der Waals surface area contributed by atoms with Crippen molar-refractivity contribution in [3.8, 4) is 11.5 Å². The molecule has 1 heterocycles. The number of fused-ring (bicyclic) bond motifs is 2. The molecule has 6 rings (SSSR count). The first-order chi connectivity index (χ1) is 18.3. The number of para-hydroxylation sites is 2. The molecule has 37 heavy (non-hydrogen) atoms. The van der Waals surface area contributed by atoms with Gasteiger partial charge in [-0.25, -0.2) is 0 Å². The Kier molecular flexibility index (Phi) is 6.26. The molecule has 1 aliphatic heterocycles. The van der Waals surface area contributed by atoms with Crippen LogP contribution in [0.25, 0.3) is 0 Å². The standard InChI is InChI=1S/C34H27NO2/c36-34(26-18-8-3-9-19-26)35-33(25-16-6-2-7-17-25)31(24-14-4-1-5-15-24)32-27-20-10-12-22-29(27)37-30-23-13-11-21-28(30)32/h1-23,31-33H,(H,35,36)/t31-,33-/m0/s1. The number of carbonyl (C=O) groups excluding carboxylic acids is 1. The molecule has 0 spiro atoms. The first-order valence-electron chi connectivity index (χ1n) is 12.6. The first-order valence-corrected chi connectivity index (χ1v) is 12.6. The van der Waals surface area contributed by atoms with Crippen LogP contribution in [-0.4, -0.2) is 5.91 Å². The van der Waals surface area contributed by atoms with Crippen LogP contribution in [0.4, 0.5) is 0 Å². The molecule has 1 amide bonds. The summed E-state index contributed by atoms with van der Waals surface area (Å²) in [7, 11) is 0. The third kappa shape index (κ3) is 4.52. The van der Waals surface area contributed by atoms with Crippen molar-refractivity contribution in [3.63, 3.8) is 0 Å². The Balaban J connectivity index is 1.56. The average molecular weight is 482 g/mol. The monoisotopic (exact) mass is 481 g/mol. The van der Waals surface area contributed by atoms with Crippen LogP contribution in [0, 0.1) is 0 Å². The molecule has 5 aromatic carbocycles. The maximum Gasteiger partial charge on any atom is 0.251 e. The Labute approximate surface area is 217 Å². The molecule has 2 atom stereocenters. The Morgan fingerprint density at radius 3 is 1.59 bits per heavy atom. The van der Waals surface area contributed by atoms with Gasteiger partial charge in [0.2, 0.25) is 0 Å². The number of ether oxygens (including phenoxy) is 1. The molecule has 3 heteroatoms. The van der Waals surface area contributed by atoms with Crippen LogP contribution in [0.3, 0.4) is 0 Å². The highest BCUT2D eigenvalue weighted by atomic mass is 16.5. The topological polar surface area (TPSA) is 38.3 Å². The zero-order chi connectivity index (χ0) is 25.0. The molecule has 0 aliphatic carbocycles. The molecule has 0 radical (unpaired) electrons. The van der Waals surface area contributed by atoms with Gasteiger partial charge in [0.15, 0.2) is 0 Å². The summed E-state index contributed by atoms with van der Waals surface area (Å²) in [6.45, 7) is 0. The number of amides is 1. The van der Waals surface area contributed by atoms with Gasteiger partial charge in [0.1, 0.15) is 11.5 Å².